The fourth-order valence-corrected chi connectivity index (χ4v) is 5.08. The van der Waals surface area contributed by atoms with Crippen molar-refractivity contribution in [1.82, 2.24) is 19.5 Å². The number of carbonyl (C=O) groups is 1. The Morgan fingerprint density at radius 2 is 1.80 bits per heavy atom. The molecule has 0 aliphatic carbocycles. The summed E-state index contributed by atoms with van der Waals surface area (Å²) in [7, 11) is -3.76. The molecule has 0 spiro atoms. The van der Waals surface area contributed by atoms with Crippen LogP contribution in [0, 0.1) is 0 Å². The third-order valence-electron chi connectivity index (χ3n) is 5.76. The van der Waals surface area contributed by atoms with Crippen molar-refractivity contribution in [2.75, 3.05) is 19.6 Å². The number of nitrogens with zero attached hydrogens (tertiary/aromatic N) is 2. The average molecular weight is 491 g/mol. The van der Waals surface area contributed by atoms with Crippen molar-refractivity contribution in [3.05, 3.63) is 103 Å². The van der Waals surface area contributed by atoms with Gasteiger partial charge in [0.25, 0.3) is 5.91 Å². The number of carbonyl (C=O) groups excluding carboxylic acids is 1. The number of allylic oxidation sites excluding steroid dienone is 4. The van der Waals surface area contributed by atoms with E-state index in [2.05, 4.69) is 9.71 Å². The van der Waals surface area contributed by atoms with Gasteiger partial charge in [-0.3, -0.25) is 4.79 Å². The molecule has 35 heavy (non-hydrogen) atoms. The predicted molar refractivity (Wildman–Crippen MR) is 139 cm³/mol. The van der Waals surface area contributed by atoms with Crippen LogP contribution >= 0.6 is 0 Å². The van der Waals surface area contributed by atoms with Crippen molar-refractivity contribution in [2.24, 2.45) is 0 Å². The van der Waals surface area contributed by atoms with Gasteiger partial charge in [0, 0.05) is 61.2 Å². The first-order chi connectivity index (χ1) is 17.0. The fraction of sp³-hybridized carbons (Fsp3) is 0.222. The van der Waals surface area contributed by atoms with Crippen molar-refractivity contribution in [3.8, 4) is 0 Å². The normalized spacial score (nSPS) is 13.3. The molecule has 0 saturated heterocycles. The monoisotopic (exact) mass is 490 g/mol. The molecule has 4 rings (SSSR count). The van der Waals surface area contributed by atoms with E-state index >= 15 is 0 Å². The molecule has 2 N–H and O–H groups in total. The molecule has 2 heterocycles. The lowest BCUT2D eigenvalue weighted by Crippen LogP contribution is -2.32. The fourth-order valence-electron chi connectivity index (χ4n) is 4.01. The first-order valence-corrected chi connectivity index (χ1v) is 13.2. The first-order valence-electron chi connectivity index (χ1n) is 11.7. The van der Waals surface area contributed by atoms with Crippen molar-refractivity contribution < 1.29 is 13.2 Å². The SMILES string of the molecule is CCCN(Cc1c[nH]c2ccccc12)C(=O)c1cccc(S(=O)(=O)NCCN2C=CC=CC=C2)c1. The predicted octanol–water partition coefficient (Wildman–Crippen LogP) is 4.40. The van der Waals surface area contributed by atoms with Gasteiger partial charge in [-0.1, -0.05) is 43.3 Å². The molecule has 1 amide bonds. The highest BCUT2D eigenvalue weighted by molar-refractivity contribution is 7.89. The molecule has 0 bridgehead atoms. The molecule has 7 nitrogen and oxygen atoms in total. The molecule has 0 radical (unpaired) electrons. The van der Waals surface area contributed by atoms with Gasteiger partial charge in [-0.05, 0) is 48.4 Å². The molecule has 0 fully saturated rings. The number of fused-ring (bicyclic) bond motifs is 1. The molecule has 2 aromatic carbocycles. The van der Waals surface area contributed by atoms with Gasteiger partial charge in [0.15, 0.2) is 0 Å². The van der Waals surface area contributed by atoms with Crippen LogP contribution in [0.5, 0.6) is 0 Å². The van der Waals surface area contributed by atoms with Gasteiger partial charge >= 0.3 is 0 Å². The van der Waals surface area contributed by atoms with Crippen LogP contribution in [0.15, 0.2) is 96.3 Å². The van der Waals surface area contributed by atoms with E-state index in [1.807, 2.05) is 79.0 Å². The number of nitrogens with one attached hydrogen (secondary N) is 2. The maximum absolute atomic E-state index is 13.4. The van der Waals surface area contributed by atoms with E-state index in [1.54, 1.807) is 17.0 Å². The lowest BCUT2D eigenvalue weighted by Gasteiger charge is -2.22. The van der Waals surface area contributed by atoms with Crippen molar-refractivity contribution in [1.29, 1.82) is 0 Å². The van der Waals surface area contributed by atoms with E-state index in [9.17, 15) is 13.2 Å². The standard InChI is InChI=1S/C27H30N4O3S/c1-2-15-31(21-23-20-28-26-13-6-5-12-25(23)26)27(32)22-10-9-11-24(19-22)35(33,34)29-14-18-30-16-7-3-4-8-17-30/h3-13,16-17,19-20,28-29H,2,14-15,18,21H2,1H3. The topological polar surface area (TPSA) is 85.5 Å². The lowest BCUT2D eigenvalue weighted by molar-refractivity contribution is 0.0743. The molecule has 8 heteroatoms. The van der Waals surface area contributed by atoms with Crippen LogP contribution in [-0.4, -0.2) is 48.7 Å². The van der Waals surface area contributed by atoms with E-state index in [-0.39, 0.29) is 17.3 Å². The average Bonchev–Trinajstić information content (AvgIpc) is 3.09. The Labute approximate surface area is 206 Å². The van der Waals surface area contributed by atoms with Gasteiger partial charge in [-0.15, -0.1) is 0 Å². The maximum atomic E-state index is 13.4. The van der Waals surface area contributed by atoms with Gasteiger partial charge in [0.2, 0.25) is 10.0 Å². The van der Waals surface area contributed by atoms with E-state index in [1.165, 1.54) is 12.1 Å². The number of hydrogen-bond acceptors (Lipinski definition) is 4. The molecule has 1 aromatic heterocycles. The van der Waals surface area contributed by atoms with Gasteiger partial charge in [0.05, 0.1) is 4.90 Å². The quantitative estimate of drug-likeness (QED) is 0.441. The van der Waals surface area contributed by atoms with E-state index in [0.29, 0.717) is 25.2 Å². The smallest absolute Gasteiger partial charge is 0.254 e. The van der Waals surface area contributed by atoms with E-state index in [0.717, 1.165) is 22.9 Å². The van der Waals surface area contributed by atoms with Crippen molar-refractivity contribution in [3.63, 3.8) is 0 Å². The van der Waals surface area contributed by atoms with E-state index in [4.69, 9.17) is 0 Å². The van der Waals surface area contributed by atoms with Crippen LogP contribution < -0.4 is 4.72 Å². The van der Waals surface area contributed by atoms with Gasteiger partial charge in [0.1, 0.15) is 0 Å². The van der Waals surface area contributed by atoms with Crippen LogP contribution in [0.25, 0.3) is 10.9 Å². The lowest BCUT2D eigenvalue weighted by atomic mass is 10.1. The second-order valence-corrected chi connectivity index (χ2v) is 10.1. The summed E-state index contributed by atoms with van der Waals surface area (Å²) >= 11 is 0. The third-order valence-corrected chi connectivity index (χ3v) is 7.22. The number of hydrogen-bond donors (Lipinski definition) is 2. The summed E-state index contributed by atoms with van der Waals surface area (Å²) in [5.41, 5.74) is 2.40. The summed E-state index contributed by atoms with van der Waals surface area (Å²) in [6, 6.07) is 14.2. The van der Waals surface area contributed by atoms with Gasteiger partial charge in [-0.2, -0.15) is 0 Å². The van der Waals surface area contributed by atoms with Crippen LogP contribution in [0.2, 0.25) is 0 Å². The van der Waals surface area contributed by atoms with E-state index < -0.39 is 10.0 Å². The minimum absolute atomic E-state index is 0.0792. The maximum Gasteiger partial charge on any atom is 0.254 e. The summed E-state index contributed by atoms with van der Waals surface area (Å²) in [4.78, 5) is 20.4. The number of amides is 1. The van der Waals surface area contributed by atoms with Gasteiger partial charge in [-0.25, -0.2) is 13.1 Å². The van der Waals surface area contributed by atoms with Crippen LogP contribution in [0.3, 0.4) is 0 Å². The Morgan fingerprint density at radius 1 is 1.03 bits per heavy atom. The minimum Gasteiger partial charge on any atom is -0.361 e. The number of aromatic nitrogens is 1. The highest BCUT2D eigenvalue weighted by Gasteiger charge is 2.20. The number of sulfonamides is 1. The molecule has 182 valence electrons. The Hall–Kier alpha value is -3.62. The molecular weight excluding hydrogens is 460 g/mol. The number of para-hydroxylation sites is 1. The molecule has 0 atom stereocenters. The Morgan fingerprint density at radius 3 is 2.57 bits per heavy atom. The molecule has 3 aromatic rings. The number of rotatable bonds is 10. The van der Waals surface area contributed by atoms with Crippen molar-refractivity contribution >= 4 is 26.8 Å². The third kappa shape index (κ3) is 6.09. The Kier molecular flexibility index (Phi) is 7.84. The Balaban J connectivity index is 1.47. The first kappa shape index (κ1) is 24.5. The number of H-pyrrole nitrogens is 1. The summed E-state index contributed by atoms with van der Waals surface area (Å²) in [5.74, 6) is -0.193. The molecule has 1 aliphatic heterocycles. The summed E-state index contributed by atoms with van der Waals surface area (Å²) < 4.78 is 28.4. The zero-order chi connectivity index (χ0) is 24.7. The van der Waals surface area contributed by atoms with Crippen LogP contribution in [-0.2, 0) is 16.6 Å². The number of aromatic amines is 1. The summed E-state index contributed by atoms with van der Waals surface area (Å²) in [5, 5.41) is 1.08. The van der Waals surface area contributed by atoms with Gasteiger partial charge < -0.3 is 14.8 Å². The highest BCUT2D eigenvalue weighted by Crippen LogP contribution is 2.21. The summed E-state index contributed by atoms with van der Waals surface area (Å²) in [6.45, 7) is 3.75. The van der Waals surface area contributed by atoms with Crippen molar-refractivity contribution in [2.45, 2.75) is 24.8 Å². The summed E-state index contributed by atoms with van der Waals surface area (Å²) in [6.07, 6.45) is 14.1. The molecule has 1 aliphatic rings. The number of benzene rings is 2. The zero-order valence-corrected chi connectivity index (χ0v) is 20.5. The zero-order valence-electron chi connectivity index (χ0n) is 19.7. The Bertz CT molecular complexity index is 1360. The minimum atomic E-state index is -3.76. The van der Waals surface area contributed by atoms with Crippen LogP contribution in [0.4, 0.5) is 0 Å². The molecule has 0 unspecified atom stereocenters. The van der Waals surface area contributed by atoms with Crippen LogP contribution in [0.1, 0.15) is 29.3 Å². The molecular formula is C27H30N4O3S. The highest BCUT2D eigenvalue weighted by atomic mass is 32.2. The largest absolute Gasteiger partial charge is 0.361 e. The molecule has 0 saturated carbocycles. The second-order valence-electron chi connectivity index (χ2n) is 8.32. The second kappa shape index (κ2) is 11.2.